The number of carboxylic acids is 1. The number of benzene rings is 1. The van der Waals surface area contributed by atoms with Crippen LogP contribution in [0.25, 0.3) is 0 Å². The maximum absolute atomic E-state index is 11.2. The summed E-state index contributed by atoms with van der Waals surface area (Å²) in [6.45, 7) is 3.47. The summed E-state index contributed by atoms with van der Waals surface area (Å²) in [5.41, 5.74) is 1.82. The Kier molecular flexibility index (Phi) is 3.09. The van der Waals surface area contributed by atoms with Crippen LogP contribution in [0.15, 0.2) is 12.1 Å². The molecule has 0 aromatic heterocycles. The van der Waals surface area contributed by atoms with E-state index in [2.05, 4.69) is 4.74 Å². The predicted octanol–water partition coefficient (Wildman–Crippen LogP) is 1.79. The molecule has 4 heteroatoms. The Morgan fingerprint density at radius 2 is 1.87 bits per heavy atom. The normalized spacial score (nSPS) is 9.80. The van der Waals surface area contributed by atoms with Crippen LogP contribution in [0, 0.1) is 13.8 Å². The Morgan fingerprint density at radius 3 is 2.33 bits per heavy atom. The van der Waals surface area contributed by atoms with Crippen molar-refractivity contribution in [1.82, 2.24) is 0 Å². The number of aromatic carboxylic acids is 1. The number of esters is 1. The van der Waals surface area contributed by atoms with Crippen LogP contribution in [0.3, 0.4) is 0 Å². The second-order valence-corrected chi connectivity index (χ2v) is 3.26. The lowest BCUT2D eigenvalue weighted by atomic mass is 10.00. The molecule has 0 unspecified atom stereocenters. The molecule has 1 rings (SSSR count). The van der Waals surface area contributed by atoms with Gasteiger partial charge in [-0.25, -0.2) is 9.59 Å². The molecule has 1 aromatic rings. The molecule has 0 radical (unpaired) electrons. The SMILES string of the molecule is COC(=O)c1cc(C)c(C)c(C(=O)O)c1. The predicted molar refractivity (Wildman–Crippen MR) is 54.2 cm³/mol. The van der Waals surface area contributed by atoms with Crippen molar-refractivity contribution in [2.24, 2.45) is 0 Å². The fraction of sp³-hybridized carbons (Fsp3) is 0.273. The Hall–Kier alpha value is -1.84. The quantitative estimate of drug-likeness (QED) is 0.752. The number of carbonyl (C=O) groups is 2. The molecule has 0 fully saturated rings. The number of rotatable bonds is 2. The number of ether oxygens (including phenoxy) is 1. The highest BCUT2D eigenvalue weighted by molar-refractivity contribution is 5.96. The van der Waals surface area contributed by atoms with Crippen LogP contribution in [-0.4, -0.2) is 24.2 Å². The van der Waals surface area contributed by atoms with Gasteiger partial charge in [0.2, 0.25) is 0 Å². The number of hydrogen-bond acceptors (Lipinski definition) is 3. The molecule has 0 saturated heterocycles. The molecular weight excluding hydrogens is 196 g/mol. The monoisotopic (exact) mass is 208 g/mol. The summed E-state index contributed by atoms with van der Waals surface area (Å²) in [4.78, 5) is 22.1. The van der Waals surface area contributed by atoms with Gasteiger partial charge < -0.3 is 9.84 Å². The molecule has 0 aliphatic rings. The highest BCUT2D eigenvalue weighted by atomic mass is 16.5. The number of carboxylic acid groups (broad SMARTS) is 1. The summed E-state index contributed by atoms with van der Waals surface area (Å²) in [5, 5.41) is 8.92. The molecule has 4 nitrogen and oxygen atoms in total. The summed E-state index contributed by atoms with van der Waals surface area (Å²) in [6, 6.07) is 2.95. The average molecular weight is 208 g/mol. The second-order valence-electron chi connectivity index (χ2n) is 3.26. The van der Waals surface area contributed by atoms with Crippen LogP contribution >= 0.6 is 0 Å². The van der Waals surface area contributed by atoms with Gasteiger partial charge in [0.25, 0.3) is 0 Å². The third-order valence-electron chi connectivity index (χ3n) is 2.32. The summed E-state index contributed by atoms with van der Waals surface area (Å²) in [6.07, 6.45) is 0. The largest absolute Gasteiger partial charge is 0.478 e. The van der Waals surface area contributed by atoms with E-state index in [1.165, 1.54) is 13.2 Å². The number of methoxy groups -OCH3 is 1. The van der Waals surface area contributed by atoms with Crippen LogP contribution in [0.4, 0.5) is 0 Å². The van der Waals surface area contributed by atoms with E-state index in [1.807, 2.05) is 0 Å². The van der Waals surface area contributed by atoms with E-state index in [0.717, 1.165) is 5.56 Å². The lowest BCUT2D eigenvalue weighted by Gasteiger charge is -2.07. The van der Waals surface area contributed by atoms with Gasteiger partial charge in [-0.3, -0.25) is 0 Å². The van der Waals surface area contributed by atoms with Gasteiger partial charge >= 0.3 is 11.9 Å². The fourth-order valence-corrected chi connectivity index (χ4v) is 1.32. The first-order chi connectivity index (χ1) is 6.97. The molecule has 1 aromatic carbocycles. The molecule has 0 amide bonds. The third kappa shape index (κ3) is 2.15. The van der Waals surface area contributed by atoms with Gasteiger partial charge in [0.05, 0.1) is 18.2 Å². The van der Waals surface area contributed by atoms with Gasteiger partial charge in [-0.05, 0) is 37.1 Å². The van der Waals surface area contributed by atoms with Crippen LogP contribution in [0.5, 0.6) is 0 Å². The van der Waals surface area contributed by atoms with E-state index in [9.17, 15) is 9.59 Å². The Labute approximate surface area is 87.5 Å². The molecule has 0 heterocycles. The fourth-order valence-electron chi connectivity index (χ4n) is 1.32. The minimum absolute atomic E-state index is 0.135. The first kappa shape index (κ1) is 11.2. The van der Waals surface area contributed by atoms with Gasteiger partial charge in [-0.2, -0.15) is 0 Å². The van der Waals surface area contributed by atoms with Gasteiger partial charge in [0.15, 0.2) is 0 Å². The van der Waals surface area contributed by atoms with Crippen LogP contribution in [-0.2, 0) is 4.74 Å². The summed E-state index contributed by atoms with van der Waals surface area (Å²) < 4.78 is 4.53. The maximum Gasteiger partial charge on any atom is 0.337 e. The minimum Gasteiger partial charge on any atom is -0.478 e. The Balaban J connectivity index is 3.35. The zero-order valence-electron chi connectivity index (χ0n) is 8.83. The smallest absolute Gasteiger partial charge is 0.337 e. The van der Waals surface area contributed by atoms with Gasteiger partial charge in [0, 0.05) is 0 Å². The Bertz CT molecular complexity index is 421. The van der Waals surface area contributed by atoms with E-state index >= 15 is 0 Å². The van der Waals surface area contributed by atoms with Gasteiger partial charge in [-0.1, -0.05) is 0 Å². The van der Waals surface area contributed by atoms with Gasteiger partial charge in [0.1, 0.15) is 0 Å². The number of aryl methyl sites for hydroxylation is 1. The molecule has 80 valence electrons. The Morgan fingerprint density at radius 1 is 1.27 bits per heavy atom. The molecule has 15 heavy (non-hydrogen) atoms. The van der Waals surface area contributed by atoms with E-state index in [4.69, 9.17) is 5.11 Å². The molecule has 0 aliphatic carbocycles. The number of hydrogen-bond donors (Lipinski definition) is 1. The van der Waals surface area contributed by atoms with Gasteiger partial charge in [-0.15, -0.1) is 0 Å². The maximum atomic E-state index is 11.2. The standard InChI is InChI=1S/C11H12O4/c1-6-4-8(11(14)15-3)5-9(7(6)2)10(12)13/h4-5H,1-3H3,(H,12,13). The van der Waals surface area contributed by atoms with Crippen LogP contribution < -0.4 is 0 Å². The van der Waals surface area contributed by atoms with E-state index in [-0.39, 0.29) is 11.1 Å². The van der Waals surface area contributed by atoms with Crippen molar-refractivity contribution in [3.8, 4) is 0 Å². The molecule has 1 N–H and O–H groups in total. The lowest BCUT2D eigenvalue weighted by molar-refractivity contribution is 0.0600. The van der Waals surface area contributed by atoms with E-state index in [1.54, 1.807) is 19.9 Å². The molecule has 0 atom stereocenters. The van der Waals surface area contributed by atoms with Crippen molar-refractivity contribution in [2.45, 2.75) is 13.8 Å². The first-order valence-corrected chi connectivity index (χ1v) is 4.40. The van der Waals surface area contributed by atoms with Crippen LogP contribution in [0.1, 0.15) is 31.8 Å². The minimum atomic E-state index is -1.04. The van der Waals surface area contributed by atoms with Crippen molar-refractivity contribution in [3.63, 3.8) is 0 Å². The van der Waals surface area contributed by atoms with E-state index < -0.39 is 11.9 Å². The lowest BCUT2D eigenvalue weighted by Crippen LogP contribution is -2.07. The molecule has 0 aliphatic heterocycles. The number of carbonyl (C=O) groups excluding carboxylic acids is 1. The van der Waals surface area contributed by atoms with Crippen molar-refractivity contribution in [1.29, 1.82) is 0 Å². The van der Waals surface area contributed by atoms with E-state index in [0.29, 0.717) is 5.56 Å². The topological polar surface area (TPSA) is 63.6 Å². The highest BCUT2D eigenvalue weighted by Gasteiger charge is 2.14. The van der Waals surface area contributed by atoms with Crippen molar-refractivity contribution in [3.05, 3.63) is 34.4 Å². The molecule has 0 bridgehead atoms. The van der Waals surface area contributed by atoms with Crippen molar-refractivity contribution in [2.75, 3.05) is 7.11 Å². The zero-order valence-corrected chi connectivity index (χ0v) is 8.83. The van der Waals surface area contributed by atoms with Crippen molar-refractivity contribution < 1.29 is 19.4 Å². The summed E-state index contributed by atoms with van der Waals surface area (Å²) >= 11 is 0. The molecule has 0 spiro atoms. The molecular formula is C11H12O4. The average Bonchev–Trinajstić information content (AvgIpc) is 2.20. The third-order valence-corrected chi connectivity index (χ3v) is 2.32. The molecule has 0 saturated carbocycles. The highest BCUT2D eigenvalue weighted by Crippen LogP contribution is 2.17. The summed E-state index contributed by atoms with van der Waals surface area (Å²) in [5.74, 6) is -1.57. The second kappa shape index (κ2) is 4.13. The summed E-state index contributed by atoms with van der Waals surface area (Å²) in [7, 11) is 1.26. The van der Waals surface area contributed by atoms with Crippen molar-refractivity contribution >= 4 is 11.9 Å². The zero-order chi connectivity index (χ0) is 11.6. The van der Waals surface area contributed by atoms with Crippen LogP contribution in [0.2, 0.25) is 0 Å². The first-order valence-electron chi connectivity index (χ1n) is 4.40.